The number of hydrogen-bond donors (Lipinski definition) is 2. The number of aromatic nitrogens is 5. The number of carbonyl (C=O) groups is 1. The molecule has 0 aliphatic rings. The first-order valence-electron chi connectivity index (χ1n) is 8.91. The van der Waals surface area contributed by atoms with Gasteiger partial charge in [0, 0.05) is 49.5 Å². The normalized spacial score (nSPS) is 10.8. The van der Waals surface area contributed by atoms with Gasteiger partial charge in [-0.2, -0.15) is 0 Å². The second kappa shape index (κ2) is 7.83. The molecule has 0 bridgehead atoms. The highest BCUT2D eigenvalue weighted by Gasteiger charge is 2.07. The fourth-order valence-electron chi connectivity index (χ4n) is 2.84. The Hall–Kier alpha value is -3.81. The molecule has 8 heteroatoms. The van der Waals surface area contributed by atoms with Gasteiger partial charge in [0.25, 0.3) is 5.91 Å². The largest absolute Gasteiger partial charge is 0.368 e. The highest BCUT2D eigenvalue weighted by molar-refractivity contribution is 5.97. The van der Waals surface area contributed by atoms with Crippen molar-refractivity contribution in [3.63, 3.8) is 0 Å². The highest BCUT2D eigenvalue weighted by Crippen LogP contribution is 2.12. The van der Waals surface area contributed by atoms with Crippen molar-refractivity contribution in [1.29, 1.82) is 0 Å². The quantitative estimate of drug-likeness (QED) is 0.504. The van der Waals surface area contributed by atoms with Crippen LogP contribution in [0.3, 0.4) is 0 Å². The third-order valence-corrected chi connectivity index (χ3v) is 4.14. The van der Waals surface area contributed by atoms with Gasteiger partial charge in [-0.15, -0.1) is 0 Å². The van der Waals surface area contributed by atoms with Crippen LogP contribution in [0.1, 0.15) is 16.2 Å². The lowest BCUT2D eigenvalue weighted by Crippen LogP contribution is -2.29. The summed E-state index contributed by atoms with van der Waals surface area (Å²) in [5, 5.41) is 6.12. The predicted octanol–water partition coefficient (Wildman–Crippen LogP) is 2.36. The molecule has 2 N–H and O–H groups in total. The first-order valence-corrected chi connectivity index (χ1v) is 8.91. The Morgan fingerprint density at radius 2 is 1.79 bits per heavy atom. The molecule has 0 unspecified atom stereocenters. The molecule has 4 rings (SSSR count). The van der Waals surface area contributed by atoms with Gasteiger partial charge in [0.2, 0.25) is 0 Å². The topological polar surface area (TPSA) is 97.6 Å². The number of carbonyl (C=O) groups excluding carboxylic acids is 1. The lowest BCUT2D eigenvalue weighted by atomic mass is 10.2. The number of amides is 1. The molecule has 0 atom stereocenters. The van der Waals surface area contributed by atoms with Crippen molar-refractivity contribution in [1.82, 2.24) is 29.8 Å². The average Bonchev–Trinajstić information content (AvgIpc) is 3.25. The zero-order chi connectivity index (χ0) is 19.3. The Morgan fingerprint density at radius 1 is 1.00 bits per heavy atom. The molecule has 0 aliphatic heterocycles. The molecular weight excluding hydrogens is 354 g/mol. The van der Waals surface area contributed by atoms with Gasteiger partial charge < -0.3 is 15.2 Å². The highest BCUT2D eigenvalue weighted by atomic mass is 16.1. The van der Waals surface area contributed by atoms with Gasteiger partial charge in [0.05, 0.1) is 11.0 Å². The molecule has 140 valence electrons. The molecule has 0 radical (unpaired) electrons. The minimum absolute atomic E-state index is 0.152. The number of anilines is 1. The van der Waals surface area contributed by atoms with E-state index in [1.807, 2.05) is 42.1 Å². The van der Waals surface area contributed by atoms with Crippen molar-refractivity contribution in [2.24, 2.45) is 0 Å². The van der Waals surface area contributed by atoms with E-state index in [0.717, 1.165) is 11.3 Å². The second-order valence-electron chi connectivity index (χ2n) is 6.19. The number of hydrogen-bond acceptors (Lipinski definition) is 6. The van der Waals surface area contributed by atoms with Crippen LogP contribution in [0.4, 0.5) is 5.82 Å². The van der Waals surface area contributed by atoms with E-state index in [0.29, 0.717) is 35.8 Å². The summed E-state index contributed by atoms with van der Waals surface area (Å²) in [6.07, 6.45) is 7.10. The number of nitrogens with one attached hydrogen (secondary N) is 2. The molecule has 0 aliphatic carbocycles. The van der Waals surface area contributed by atoms with Gasteiger partial charge in [-0.05, 0) is 37.3 Å². The van der Waals surface area contributed by atoms with Crippen LogP contribution in [0.2, 0.25) is 0 Å². The average molecular weight is 373 g/mol. The molecule has 3 heterocycles. The maximum absolute atomic E-state index is 12.3. The van der Waals surface area contributed by atoms with Crippen LogP contribution in [-0.2, 0) is 0 Å². The van der Waals surface area contributed by atoms with E-state index in [-0.39, 0.29) is 5.91 Å². The predicted molar refractivity (Wildman–Crippen MR) is 106 cm³/mol. The summed E-state index contributed by atoms with van der Waals surface area (Å²) in [4.78, 5) is 29.6. The minimum atomic E-state index is -0.152. The van der Waals surface area contributed by atoms with Crippen LogP contribution in [0.15, 0.2) is 61.2 Å². The summed E-state index contributed by atoms with van der Waals surface area (Å²) >= 11 is 0. The van der Waals surface area contributed by atoms with E-state index < -0.39 is 0 Å². The van der Waals surface area contributed by atoms with Gasteiger partial charge in [-0.3, -0.25) is 14.8 Å². The van der Waals surface area contributed by atoms with Gasteiger partial charge >= 0.3 is 0 Å². The van der Waals surface area contributed by atoms with E-state index in [1.165, 1.54) is 0 Å². The summed E-state index contributed by atoms with van der Waals surface area (Å²) in [7, 11) is 0. The zero-order valence-electron chi connectivity index (χ0n) is 15.3. The molecule has 4 aromatic rings. The first-order chi connectivity index (χ1) is 13.7. The van der Waals surface area contributed by atoms with E-state index in [1.54, 1.807) is 30.6 Å². The Morgan fingerprint density at radius 3 is 2.61 bits per heavy atom. The number of aryl methyl sites for hydroxylation is 1. The summed E-state index contributed by atoms with van der Waals surface area (Å²) in [5.74, 6) is 2.03. The summed E-state index contributed by atoms with van der Waals surface area (Å²) in [5.41, 5.74) is 2.02. The number of benzene rings is 1. The maximum atomic E-state index is 12.3. The third-order valence-electron chi connectivity index (χ3n) is 4.14. The molecule has 28 heavy (non-hydrogen) atoms. The van der Waals surface area contributed by atoms with E-state index in [2.05, 4.69) is 30.6 Å². The van der Waals surface area contributed by atoms with Crippen molar-refractivity contribution in [2.75, 3.05) is 18.4 Å². The molecule has 0 saturated carbocycles. The Kier molecular flexibility index (Phi) is 4.92. The minimum Gasteiger partial charge on any atom is -0.368 e. The third kappa shape index (κ3) is 3.96. The number of nitrogens with zero attached hydrogens (tertiary/aromatic N) is 5. The second-order valence-corrected chi connectivity index (χ2v) is 6.19. The summed E-state index contributed by atoms with van der Waals surface area (Å²) in [6, 6.07) is 11.0. The maximum Gasteiger partial charge on any atom is 0.251 e. The molecule has 0 saturated heterocycles. The van der Waals surface area contributed by atoms with Crippen LogP contribution in [-0.4, -0.2) is 43.5 Å². The number of fused-ring (bicyclic) bond motifs is 1. The van der Waals surface area contributed by atoms with E-state index in [4.69, 9.17) is 0 Å². The van der Waals surface area contributed by atoms with Crippen molar-refractivity contribution in [2.45, 2.75) is 6.92 Å². The Bertz CT molecular complexity index is 1110. The van der Waals surface area contributed by atoms with Gasteiger partial charge in [-0.1, -0.05) is 0 Å². The van der Waals surface area contributed by atoms with E-state index >= 15 is 0 Å². The van der Waals surface area contributed by atoms with Crippen LogP contribution >= 0.6 is 0 Å². The molecule has 3 aromatic heterocycles. The van der Waals surface area contributed by atoms with Crippen molar-refractivity contribution < 1.29 is 4.79 Å². The van der Waals surface area contributed by atoms with Crippen LogP contribution in [0.5, 0.6) is 0 Å². The lowest BCUT2D eigenvalue weighted by molar-refractivity contribution is 0.0955. The lowest BCUT2D eigenvalue weighted by Gasteiger charge is -2.10. The fourth-order valence-corrected chi connectivity index (χ4v) is 2.84. The van der Waals surface area contributed by atoms with Crippen LogP contribution in [0.25, 0.3) is 16.9 Å². The SMILES string of the molecule is Cc1nc(NCCNC(=O)c2ccc3nccnc3c2)cc(-n2cccc2)n1. The number of rotatable bonds is 6. The first kappa shape index (κ1) is 17.6. The molecular formula is C20H19N7O. The Balaban J connectivity index is 1.34. The van der Waals surface area contributed by atoms with Gasteiger partial charge in [0.1, 0.15) is 17.5 Å². The van der Waals surface area contributed by atoms with Crippen LogP contribution < -0.4 is 10.6 Å². The van der Waals surface area contributed by atoms with Crippen molar-refractivity contribution in [3.05, 3.63) is 72.6 Å². The Labute approximate surface area is 161 Å². The van der Waals surface area contributed by atoms with Gasteiger partial charge in [-0.25, -0.2) is 9.97 Å². The van der Waals surface area contributed by atoms with Crippen molar-refractivity contribution in [3.8, 4) is 5.82 Å². The van der Waals surface area contributed by atoms with Crippen LogP contribution in [0, 0.1) is 6.92 Å². The molecule has 1 amide bonds. The van der Waals surface area contributed by atoms with Crippen molar-refractivity contribution >= 4 is 22.8 Å². The monoisotopic (exact) mass is 373 g/mol. The standard InChI is InChI=1S/C20H19N7O/c1-14-25-18(13-19(26-14)27-10-2-3-11-27)23-8-9-24-20(28)15-4-5-16-17(12-15)22-7-6-21-16/h2-7,10-13H,8-9H2,1H3,(H,24,28)(H,23,25,26). The van der Waals surface area contributed by atoms with Gasteiger partial charge in [0.15, 0.2) is 0 Å². The smallest absolute Gasteiger partial charge is 0.251 e. The molecule has 0 fully saturated rings. The fraction of sp³-hybridized carbons (Fsp3) is 0.150. The molecule has 0 spiro atoms. The summed E-state index contributed by atoms with van der Waals surface area (Å²) < 4.78 is 1.92. The molecule has 8 nitrogen and oxygen atoms in total. The summed E-state index contributed by atoms with van der Waals surface area (Å²) in [6.45, 7) is 2.85. The zero-order valence-corrected chi connectivity index (χ0v) is 15.3. The van der Waals surface area contributed by atoms with E-state index in [9.17, 15) is 4.79 Å². The molecule has 1 aromatic carbocycles.